The second-order valence-electron chi connectivity index (χ2n) is 11.1. The third-order valence-electron chi connectivity index (χ3n) is 8.40. The molecule has 0 saturated carbocycles. The van der Waals surface area contributed by atoms with Crippen LogP contribution in [0.3, 0.4) is 0 Å². The maximum atomic E-state index is 5.46. The van der Waals surface area contributed by atoms with Gasteiger partial charge < -0.3 is 4.98 Å². The second-order valence-corrected chi connectivity index (χ2v) is 11.1. The number of fused-ring (bicyclic) bond motifs is 5. The fourth-order valence-corrected chi connectivity index (χ4v) is 5.98. The Balaban J connectivity index is 1.47. The number of hydrogen-bond acceptors (Lipinski definition) is 1. The number of aliphatic imine (C=N–C) groups is 2. The first-order valence-corrected chi connectivity index (χ1v) is 15.0. The molecular weight excluding hydrogens is 522 g/mol. The van der Waals surface area contributed by atoms with Crippen molar-refractivity contribution >= 4 is 49.7 Å². The summed E-state index contributed by atoms with van der Waals surface area (Å²) in [7, 11) is 0. The molecule has 1 unspecified atom stereocenters. The molecule has 43 heavy (non-hydrogen) atoms. The van der Waals surface area contributed by atoms with Gasteiger partial charge in [-0.05, 0) is 57.6 Å². The van der Waals surface area contributed by atoms with E-state index in [1.54, 1.807) is 0 Å². The highest BCUT2D eigenvalue weighted by Crippen LogP contribution is 2.35. The minimum Gasteiger partial charge on any atom is -0.361 e. The van der Waals surface area contributed by atoms with Crippen LogP contribution in [0.2, 0.25) is 0 Å². The summed E-state index contributed by atoms with van der Waals surface area (Å²) < 4.78 is 0. The molecule has 0 bridgehead atoms. The quantitative estimate of drug-likeness (QED) is 0.120. The van der Waals surface area contributed by atoms with Gasteiger partial charge in [-0.25, -0.2) is 9.98 Å². The number of aromatic nitrogens is 1. The number of rotatable bonds is 6. The van der Waals surface area contributed by atoms with Crippen molar-refractivity contribution < 1.29 is 0 Å². The van der Waals surface area contributed by atoms with Crippen molar-refractivity contribution in [2.24, 2.45) is 15.9 Å². The lowest BCUT2D eigenvalue weighted by Gasteiger charge is -2.18. The first-order chi connectivity index (χ1) is 21.2. The van der Waals surface area contributed by atoms with Crippen LogP contribution >= 0.6 is 0 Å². The summed E-state index contributed by atoms with van der Waals surface area (Å²) in [4.78, 5) is 14.1. The number of nitrogens with zero attached hydrogens (tertiary/aromatic N) is 2. The zero-order valence-electron chi connectivity index (χ0n) is 24.5. The molecule has 0 fully saturated rings. The fourth-order valence-electron chi connectivity index (χ4n) is 5.98. The predicted molar refractivity (Wildman–Crippen MR) is 184 cm³/mol. The number of hydrogen-bond donors (Lipinski definition) is 1. The average molecular weight is 556 g/mol. The number of para-hydroxylation sites is 1. The van der Waals surface area contributed by atoms with Gasteiger partial charge in [-0.2, -0.15) is 0 Å². The molecule has 3 nitrogen and oxygen atoms in total. The van der Waals surface area contributed by atoms with E-state index in [0.29, 0.717) is 5.84 Å². The molecule has 0 saturated heterocycles. The third kappa shape index (κ3) is 5.04. The molecule has 3 heteroatoms. The van der Waals surface area contributed by atoms with Crippen LogP contribution in [0.25, 0.3) is 43.6 Å². The Kier molecular flexibility index (Phi) is 7.14. The number of H-pyrrole nitrogens is 1. The van der Waals surface area contributed by atoms with E-state index in [1.165, 1.54) is 26.9 Å². The Morgan fingerprint density at radius 2 is 1.42 bits per heavy atom. The second kappa shape index (κ2) is 11.5. The van der Waals surface area contributed by atoms with Crippen LogP contribution in [0.1, 0.15) is 31.4 Å². The highest BCUT2D eigenvalue weighted by atomic mass is 14.9. The molecule has 0 amide bonds. The first-order valence-electron chi connectivity index (χ1n) is 15.0. The van der Waals surface area contributed by atoms with Crippen LogP contribution in [0.5, 0.6) is 0 Å². The maximum Gasteiger partial charge on any atom is 0.160 e. The van der Waals surface area contributed by atoms with E-state index >= 15 is 0 Å². The first kappa shape index (κ1) is 26.6. The largest absolute Gasteiger partial charge is 0.361 e. The van der Waals surface area contributed by atoms with Gasteiger partial charge in [0.25, 0.3) is 0 Å². The Morgan fingerprint density at radius 1 is 0.674 bits per heavy atom. The SMILES string of the molecule is CCC(C)C(=NC(=Nc1ccccc1-c1ccccc1)c1ccccc1)c1cccc2c1ccc1ccc3[nH]ccc3c12. The summed E-state index contributed by atoms with van der Waals surface area (Å²) in [5.41, 5.74) is 7.47. The summed E-state index contributed by atoms with van der Waals surface area (Å²) in [5.74, 6) is 0.938. The third-order valence-corrected chi connectivity index (χ3v) is 8.40. The Morgan fingerprint density at radius 3 is 2.23 bits per heavy atom. The fraction of sp³-hybridized carbons (Fsp3) is 0.100. The lowest BCUT2D eigenvalue weighted by Crippen LogP contribution is -2.15. The summed E-state index contributed by atoms with van der Waals surface area (Å²) in [6.07, 6.45) is 2.99. The Bertz CT molecular complexity index is 2120. The molecule has 0 aliphatic carbocycles. The van der Waals surface area contributed by atoms with Crippen molar-refractivity contribution in [2.75, 3.05) is 0 Å². The van der Waals surface area contributed by atoms with E-state index in [2.05, 4.69) is 134 Å². The van der Waals surface area contributed by atoms with E-state index in [9.17, 15) is 0 Å². The van der Waals surface area contributed by atoms with Crippen LogP contribution in [0, 0.1) is 5.92 Å². The molecule has 6 aromatic carbocycles. The molecule has 0 aliphatic heterocycles. The molecule has 0 aliphatic rings. The number of aromatic amines is 1. The van der Waals surface area contributed by atoms with Gasteiger partial charge in [0.05, 0.1) is 11.4 Å². The van der Waals surface area contributed by atoms with Crippen molar-refractivity contribution in [2.45, 2.75) is 20.3 Å². The van der Waals surface area contributed by atoms with Gasteiger partial charge in [-0.1, -0.05) is 129 Å². The van der Waals surface area contributed by atoms with Crippen molar-refractivity contribution in [1.82, 2.24) is 4.98 Å². The molecule has 1 aromatic heterocycles. The van der Waals surface area contributed by atoms with Crippen molar-refractivity contribution in [1.29, 1.82) is 0 Å². The van der Waals surface area contributed by atoms with E-state index < -0.39 is 0 Å². The Hall–Kier alpha value is -5.28. The predicted octanol–water partition coefficient (Wildman–Crippen LogP) is 10.8. The van der Waals surface area contributed by atoms with Gasteiger partial charge in [-0.3, -0.25) is 0 Å². The highest BCUT2D eigenvalue weighted by Gasteiger charge is 2.18. The number of benzene rings is 6. The van der Waals surface area contributed by atoms with E-state index in [-0.39, 0.29) is 5.92 Å². The molecule has 1 N–H and O–H groups in total. The van der Waals surface area contributed by atoms with Crippen molar-refractivity contribution in [3.05, 3.63) is 151 Å². The van der Waals surface area contributed by atoms with E-state index in [1.807, 2.05) is 24.4 Å². The van der Waals surface area contributed by atoms with Crippen molar-refractivity contribution in [3.8, 4) is 11.1 Å². The smallest absolute Gasteiger partial charge is 0.160 e. The molecule has 0 spiro atoms. The monoisotopic (exact) mass is 555 g/mol. The topological polar surface area (TPSA) is 40.5 Å². The van der Waals surface area contributed by atoms with E-state index in [4.69, 9.17) is 9.98 Å². The number of nitrogens with one attached hydrogen (secondary N) is 1. The molecule has 0 radical (unpaired) electrons. The zero-order valence-corrected chi connectivity index (χ0v) is 24.5. The molecular formula is C40H33N3. The lowest BCUT2D eigenvalue weighted by molar-refractivity contribution is 0.741. The lowest BCUT2D eigenvalue weighted by atomic mass is 9.89. The zero-order chi connectivity index (χ0) is 29.2. The maximum absolute atomic E-state index is 5.46. The Labute approximate surface area is 252 Å². The van der Waals surface area contributed by atoms with Gasteiger partial charge in [0.1, 0.15) is 0 Å². The van der Waals surface area contributed by atoms with Crippen molar-refractivity contribution in [3.63, 3.8) is 0 Å². The van der Waals surface area contributed by atoms with Gasteiger partial charge in [0.15, 0.2) is 5.84 Å². The van der Waals surface area contributed by atoms with Crippen LogP contribution in [0.15, 0.2) is 150 Å². The minimum absolute atomic E-state index is 0.225. The van der Waals surface area contributed by atoms with Gasteiger partial charge in [0, 0.05) is 33.8 Å². The summed E-state index contributed by atoms with van der Waals surface area (Å²) in [5, 5.41) is 6.20. The summed E-state index contributed by atoms with van der Waals surface area (Å²) in [6, 6.07) is 46.8. The van der Waals surface area contributed by atoms with Crippen LogP contribution in [-0.2, 0) is 0 Å². The average Bonchev–Trinajstić information content (AvgIpc) is 3.56. The summed E-state index contributed by atoms with van der Waals surface area (Å²) in [6.45, 7) is 4.50. The molecule has 208 valence electrons. The molecule has 7 aromatic rings. The molecule has 1 atom stereocenters. The van der Waals surface area contributed by atoms with Gasteiger partial charge in [-0.15, -0.1) is 0 Å². The summed E-state index contributed by atoms with van der Waals surface area (Å²) >= 11 is 0. The van der Waals surface area contributed by atoms with Gasteiger partial charge in [0.2, 0.25) is 0 Å². The highest BCUT2D eigenvalue weighted by molar-refractivity contribution is 6.25. The van der Waals surface area contributed by atoms with Gasteiger partial charge >= 0.3 is 0 Å². The molecule has 7 rings (SSSR count). The number of amidine groups is 1. The van der Waals surface area contributed by atoms with E-state index in [0.717, 1.165) is 45.6 Å². The minimum atomic E-state index is 0.225. The normalized spacial score (nSPS) is 13.2. The molecule has 1 heterocycles. The van der Waals surface area contributed by atoms with Crippen LogP contribution < -0.4 is 0 Å². The van der Waals surface area contributed by atoms with Crippen LogP contribution in [0.4, 0.5) is 5.69 Å². The van der Waals surface area contributed by atoms with Crippen LogP contribution in [-0.4, -0.2) is 16.5 Å². The standard InChI is InChI=1S/C40H33N3/c1-3-27(2)39(34-19-12-18-33-32(34)23-21-29-22-24-36-35(38(29)33)25-26-41-36)43-40(30-15-8-5-9-16-30)42-37-20-11-10-17-31(37)28-13-6-4-7-14-28/h4-27,41H,3H2,1-2H3.